The lowest BCUT2D eigenvalue weighted by molar-refractivity contribution is 0.424. The Morgan fingerprint density at radius 3 is 2.52 bits per heavy atom. The van der Waals surface area contributed by atoms with Crippen molar-refractivity contribution in [1.82, 2.24) is 0 Å². The summed E-state index contributed by atoms with van der Waals surface area (Å²) in [7, 11) is 0. The number of nitrogens with one attached hydrogen (secondary N) is 1. The number of allylic oxidation sites excluding steroid dienone is 2. The fourth-order valence-electron chi connectivity index (χ4n) is 4.03. The number of hydrogen-bond donors (Lipinski definition) is 1. The summed E-state index contributed by atoms with van der Waals surface area (Å²) in [5, 5.41) is 3.85. The van der Waals surface area contributed by atoms with Gasteiger partial charge in [-0.2, -0.15) is 0 Å². The van der Waals surface area contributed by atoms with Gasteiger partial charge in [-0.1, -0.05) is 54.6 Å². The minimum atomic E-state index is 0.416. The molecule has 1 heteroatoms. The molecule has 4 rings (SSSR count). The van der Waals surface area contributed by atoms with E-state index in [0.717, 1.165) is 0 Å². The van der Waals surface area contributed by atoms with Crippen LogP contribution in [0.5, 0.6) is 0 Å². The minimum Gasteiger partial charge on any atom is -0.377 e. The zero-order valence-corrected chi connectivity index (χ0v) is 12.6. The number of hydrogen-bond acceptors (Lipinski definition) is 1. The third-order valence-electron chi connectivity index (χ3n) is 5.10. The molecule has 2 aliphatic rings. The summed E-state index contributed by atoms with van der Waals surface area (Å²) in [6.45, 7) is 4.46. The van der Waals surface area contributed by atoms with Crippen molar-refractivity contribution in [2.45, 2.75) is 32.2 Å². The highest BCUT2D eigenvalue weighted by atomic mass is 15.0. The van der Waals surface area contributed by atoms with Gasteiger partial charge in [0.1, 0.15) is 0 Å². The largest absolute Gasteiger partial charge is 0.377 e. The van der Waals surface area contributed by atoms with Crippen LogP contribution in [0.25, 0.3) is 0 Å². The molecule has 0 bridgehead atoms. The quantitative estimate of drug-likeness (QED) is 0.711. The molecule has 1 nitrogen and oxygen atoms in total. The van der Waals surface area contributed by atoms with Crippen molar-refractivity contribution in [2.24, 2.45) is 5.92 Å². The van der Waals surface area contributed by atoms with Crippen LogP contribution in [0.4, 0.5) is 5.69 Å². The Hall–Kier alpha value is -2.02. The van der Waals surface area contributed by atoms with E-state index in [1.54, 1.807) is 0 Å². The molecule has 3 atom stereocenters. The highest BCUT2D eigenvalue weighted by Gasteiger charge is 2.38. The Labute approximate surface area is 126 Å². The summed E-state index contributed by atoms with van der Waals surface area (Å²) < 4.78 is 0. The molecule has 0 amide bonds. The lowest BCUT2D eigenvalue weighted by atomic mass is 9.75. The van der Waals surface area contributed by atoms with E-state index in [9.17, 15) is 0 Å². The van der Waals surface area contributed by atoms with Crippen LogP contribution in [0.2, 0.25) is 0 Å². The fourth-order valence-corrected chi connectivity index (χ4v) is 4.03. The molecular formula is C20H21N. The van der Waals surface area contributed by atoms with E-state index in [4.69, 9.17) is 0 Å². The maximum absolute atomic E-state index is 3.85. The molecule has 0 saturated heterocycles. The number of rotatable bonds is 1. The first kappa shape index (κ1) is 12.7. The van der Waals surface area contributed by atoms with Gasteiger partial charge < -0.3 is 5.32 Å². The summed E-state index contributed by atoms with van der Waals surface area (Å²) in [5.74, 6) is 1.20. The zero-order valence-electron chi connectivity index (χ0n) is 12.6. The normalized spacial score (nSPS) is 26.1. The molecule has 0 unspecified atom stereocenters. The number of aryl methyl sites for hydroxylation is 2. The van der Waals surface area contributed by atoms with E-state index >= 15 is 0 Å². The van der Waals surface area contributed by atoms with Gasteiger partial charge in [0.15, 0.2) is 0 Å². The second kappa shape index (κ2) is 4.77. The van der Waals surface area contributed by atoms with Gasteiger partial charge in [0.05, 0.1) is 6.04 Å². The van der Waals surface area contributed by atoms with Gasteiger partial charge in [-0.05, 0) is 48.4 Å². The average molecular weight is 275 g/mol. The highest BCUT2D eigenvalue weighted by Crippen LogP contribution is 2.51. The van der Waals surface area contributed by atoms with Crippen LogP contribution in [-0.2, 0) is 0 Å². The van der Waals surface area contributed by atoms with E-state index in [-0.39, 0.29) is 0 Å². The van der Waals surface area contributed by atoms with Crippen molar-refractivity contribution in [2.75, 3.05) is 5.32 Å². The van der Waals surface area contributed by atoms with Crippen molar-refractivity contribution in [3.63, 3.8) is 0 Å². The summed E-state index contributed by atoms with van der Waals surface area (Å²) >= 11 is 0. The molecule has 106 valence electrons. The summed E-state index contributed by atoms with van der Waals surface area (Å²) in [6, 6.07) is 15.8. The van der Waals surface area contributed by atoms with Gasteiger partial charge in [0.25, 0.3) is 0 Å². The minimum absolute atomic E-state index is 0.416. The third-order valence-corrected chi connectivity index (χ3v) is 5.10. The van der Waals surface area contributed by atoms with Crippen molar-refractivity contribution >= 4 is 5.69 Å². The second-order valence-corrected chi connectivity index (χ2v) is 6.37. The van der Waals surface area contributed by atoms with Gasteiger partial charge >= 0.3 is 0 Å². The summed E-state index contributed by atoms with van der Waals surface area (Å²) in [5.41, 5.74) is 7.05. The molecule has 0 radical (unpaired) electrons. The summed E-state index contributed by atoms with van der Waals surface area (Å²) in [4.78, 5) is 0. The first-order valence-electron chi connectivity index (χ1n) is 7.84. The average Bonchev–Trinajstić information content (AvgIpc) is 3.00. The standard InChI is InChI=1S/C20H21N/c1-13-11-12-14(2)19-18(13)16-9-6-10-17(16)20(21-19)15-7-4-3-5-8-15/h3-9,11-12,16-17,20-21H,10H2,1-2H3/t16-,17+,20+/m1/s1. The SMILES string of the molecule is Cc1ccc(C)c2c1N[C@@H](c1ccccc1)[C@H]1CC=C[C@@H]21. The van der Waals surface area contributed by atoms with E-state index in [2.05, 4.69) is 73.8 Å². The topological polar surface area (TPSA) is 12.0 Å². The maximum Gasteiger partial charge on any atom is 0.0554 e. The smallest absolute Gasteiger partial charge is 0.0554 e. The first-order valence-corrected chi connectivity index (χ1v) is 7.84. The van der Waals surface area contributed by atoms with Gasteiger partial charge in [-0.3, -0.25) is 0 Å². The Morgan fingerprint density at radius 1 is 0.952 bits per heavy atom. The highest BCUT2D eigenvalue weighted by molar-refractivity contribution is 5.66. The lowest BCUT2D eigenvalue weighted by Gasteiger charge is -2.39. The molecule has 21 heavy (non-hydrogen) atoms. The molecule has 1 aliphatic carbocycles. The Kier molecular flexibility index (Phi) is 2.88. The van der Waals surface area contributed by atoms with E-state index in [0.29, 0.717) is 17.9 Å². The monoisotopic (exact) mass is 275 g/mol. The fraction of sp³-hybridized carbons (Fsp3) is 0.300. The molecule has 0 saturated carbocycles. The van der Waals surface area contributed by atoms with E-state index in [1.807, 2.05) is 0 Å². The van der Waals surface area contributed by atoms with Gasteiger partial charge in [-0.25, -0.2) is 0 Å². The summed E-state index contributed by atoms with van der Waals surface area (Å²) in [6.07, 6.45) is 5.96. The number of benzene rings is 2. The molecule has 0 spiro atoms. The van der Waals surface area contributed by atoms with E-state index < -0.39 is 0 Å². The molecule has 1 heterocycles. The van der Waals surface area contributed by atoms with Crippen molar-refractivity contribution in [3.8, 4) is 0 Å². The van der Waals surface area contributed by atoms with Crippen molar-refractivity contribution in [1.29, 1.82) is 0 Å². The van der Waals surface area contributed by atoms with Crippen LogP contribution < -0.4 is 5.32 Å². The van der Waals surface area contributed by atoms with Crippen LogP contribution in [0, 0.1) is 19.8 Å². The van der Waals surface area contributed by atoms with Crippen LogP contribution in [0.1, 0.15) is 40.6 Å². The molecule has 0 aromatic heterocycles. The molecule has 2 aromatic rings. The van der Waals surface area contributed by atoms with Gasteiger partial charge in [-0.15, -0.1) is 0 Å². The molecule has 1 N–H and O–H groups in total. The van der Waals surface area contributed by atoms with Crippen LogP contribution in [0.3, 0.4) is 0 Å². The van der Waals surface area contributed by atoms with Gasteiger partial charge in [0.2, 0.25) is 0 Å². The lowest BCUT2D eigenvalue weighted by Crippen LogP contribution is -2.30. The van der Waals surface area contributed by atoms with Crippen LogP contribution in [0.15, 0.2) is 54.6 Å². The Balaban J connectivity index is 1.86. The van der Waals surface area contributed by atoms with Crippen LogP contribution >= 0.6 is 0 Å². The molecular weight excluding hydrogens is 254 g/mol. The Bertz CT molecular complexity index is 699. The molecule has 1 aliphatic heterocycles. The predicted octanol–water partition coefficient (Wildman–Crippen LogP) is 5.13. The molecule has 2 aromatic carbocycles. The zero-order chi connectivity index (χ0) is 14.4. The number of anilines is 1. The number of fused-ring (bicyclic) bond motifs is 3. The third kappa shape index (κ3) is 1.91. The first-order chi connectivity index (χ1) is 10.3. The predicted molar refractivity (Wildman–Crippen MR) is 88.7 cm³/mol. The van der Waals surface area contributed by atoms with Crippen LogP contribution in [-0.4, -0.2) is 0 Å². The Morgan fingerprint density at radius 2 is 1.71 bits per heavy atom. The maximum atomic E-state index is 3.85. The molecule has 0 fully saturated rings. The van der Waals surface area contributed by atoms with Crippen molar-refractivity contribution in [3.05, 3.63) is 76.9 Å². The second-order valence-electron chi connectivity index (χ2n) is 6.37. The van der Waals surface area contributed by atoms with Gasteiger partial charge in [0, 0.05) is 11.6 Å². The van der Waals surface area contributed by atoms with Crippen molar-refractivity contribution < 1.29 is 0 Å². The van der Waals surface area contributed by atoms with E-state index in [1.165, 1.54) is 34.4 Å².